The van der Waals surface area contributed by atoms with E-state index < -0.39 is 29.0 Å². The molecule has 10 nitrogen and oxygen atoms in total. The Morgan fingerprint density at radius 2 is 1.96 bits per heavy atom. The summed E-state index contributed by atoms with van der Waals surface area (Å²) in [6, 6.07) is 4.37. The Morgan fingerprint density at radius 1 is 1.26 bits per heavy atom. The van der Waals surface area contributed by atoms with Gasteiger partial charge in [0.15, 0.2) is 6.10 Å². The van der Waals surface area contributed by atoms with E-state index in [0.29, 0.717) is 26.3 Å². The van der Waals surface area contributed by atoms with Gasteiger partial charge < -0.3 is 24.4 Å². The number of nitro groups is 1. The molecule has 1 aromatic carbocycles. The van der Waals surface area contributed by atoms with E-state index in [-0.39, 0.29) is 30.0 Å². The monoisotopic (exact) mass is 379 g/mol. The van der Waals surface area contributed by atoms with Crippen LogP contribution in [0, 0.1) is 10.1 Å². The number of nitrogens with zero attached hydrogens (tertiary/aromatic N) is 3. The first-order valence-corrected chi connectivity index (χ1v) is 8.66. The van der Waals surface area contributed by atoms with Crippen LogP contribution in [0.2, 0.25) is 0 Å². The highest BCUT2D eigenvalue weighted by molar-refractivity contribution is 6.02. The van der Waals surface area contributed by atoms with Gasteiger partial charge in [0, 0.05) is 25.7 Å². The molecule has 0 radical (unpaired) electrons. The number of morpholine rings is 2. The second kappa shape index (κ2) is 7.89. The fourth-order valence-corrected chi connectivity index (χ4v) is 3.39. The lowest BCUT2D eigenvalue weighted by molar-refractivity contribution is -0.384. The van der Waals surface area contributed by atoms with E-state index in [2.05, 4.69) is 0 Å². The molecule has 0 aromatic heterocycles. The second-order valence-corrected chi connectivity index (χ2v) is 6.51. The van der Waals surface area contributed by atoms with Crippen LogP contribution in [0.1, 0.15) is 17.3 Å². The third kappa shape index (κ3) is 4.01. The summed E-state index contributed by atoms with van der Waals surface area (Å²) in [7, 11) is 0. The zero-order valence-electron chi connectivity index (χ0n) is 14.9. The van der Waals surface area contributed by atoms with Crippen LogP contribution in [-0.2, 0) is 14.3 Å². The van der Waals surface area contributed by atoms with Crippen LogP contribution < -0.4 is 4.90 Å². The van der Waals surface area contributed by atoms with Crippen LogP contribution in [0.3, 0.4) is 0 Å². The van der Waals surface area contributed by atoms with Gasteiger partial charge in [-0.3, -0.25) is 14.9 Å². The van der Waals surface area contributed by atoms with Crippen molar-refractivity contribution >= 4 is 23.3 Å². The third-order valence-electron chi connectivity index (χ3n) is 4.59. The molecule has 2 atom stereocenters. The summed E-state index contributed by atoms with van der Waals surface area (Å²) in [4.78, 5) is 38.6. The molecule has 2 aliphatic rings. The Kier molecular flexibility index (Phi) is 5.57. The van der Waals surface area contributed by atoms with Crippen molar-refractivity contribution in [3.8, 4) is 0 Å². The standard InChI is InChI=1S/C17H21N3O7/c1-11-9-19(10-14(27-11)17(22)23)16(21)12-3-2-4-13(20(24)25)15(12)18-5-7-26-8-6-18/h2-4,11,14H,5-10H2,1H3,(H,22,23)/t11-,14?/m1/s1. The van der Waals surface area contributed by atoms with Gasteiger partial charge in [0.05, 0.1) is 36.3 Å². The number of nitro benzene ring substituents is 1. The van der Waals surface area contributed by atoms with E-state index in [9.17, 15) is 24.8 Å². The number of carboxylic acid groups (broad SMARTS) is 1. The molecule has 2 heterocycles. The van der Waals surface area contributed by atoms with Crippen molar-refractivity contribution in [2.45, 2.75) is 19.1 Å². The molecule has 1 aromatic rings. The van der Waals surface area contributed by atoms with Crippen LogP contribution in [-0.4, -0.2) is 78.4 Å². The van der Waals surface area contributed by atoms with E-state index in [1.54, 1.807) is 11.8 Å². The first-order chi connectivity index (χ1) is 12.9. The lowest BCUT2D eigenvalue weighted by Gasteiger charge is -2.36. The van der Waals surface area contributed by atoms with E-state index >= 15 is 0 Å². The number of hydrogen-bond donors (Lipinski definition) is 1. The number of carbonyl (C=O) groups is 2. The van der Waals surface area contributed by atoms with Crippen molar-refractivity contribution < 1.29 is 29.1 Å². The minimum absolute atomic E-state index is 0.107. The third-order valence-corrected chi connectivity index (χ3v) is 4.59. The van der Waals surface area contributed by atoms with Crippen molar-refractivity contribution in [3.63, 3.8) is 0 Å². The molecule has 3 rings (SSSR count). The minimum Gasteiger partial charge on any atom is -0.479 e. The van der Waals surface area contributed by atoms with Crippen LogP contribution in [0.5, 0.6) is 0 Å². The SMILES string of the molecule is C[C@@H]1CN(C(=O)c2cccc([N+](=O)[O-])c2N2CCOCC2)CC(C(=O)O)O1. The summed E-state index contributed by atoms with van der Waals surface area (Å²) in [6.07, 6.45) is -1.57. The maximum Gasteiger partial charge on any atom is 0.334 e. The Balaban J connectivity index is 1.97. The number of rotatable bonds is 4. The molecular weight excluding hydrogens is 358 g/mol. The minimum atomic E-state index is -1.15. The molecule has 2 fully saturated rings. The predicted octanol–water partition coefficient (Wildman–Crippen LogP) is 0.746. The van der Waals surface area contributed by atoms with Gasteiger partial charge in [0.1, 0.15) is 5.69 Å². The Hall–Kier alpha value is -2.72. The van der Waals surface area contributed by atoms with Crippen LogP contribution in [0.25, 0.3) is 0 Å². The van der Waals surface area contributed by atoms with E-state index in [1.807, 2.05) is 0 Å². The molecule has 146 valence electrons. The summed E-state index contributed by atoms with van der Waals surface area (Å²) in [6.45, 7) is 3.48. The lowest BCUT2D eigenvalue weighted by atomic mass is 10.1. The molecule has 0 spiro atoms. The van der Waals surface area contributed by atoms with Crippen molar-refractivity contribution in [1.29, 1.82) is 0 Å². The molecule has 2 saturated heterocycles. The maximum atomic E-state index is 13.1. The van der Waals surface area contributed by atoms with Gasteiger partial charge in [-0.15, -0.1) is 0 Å². The molecule has 27 heavy (non-hydrogen) atoms. The number of carboxylic acids is 1. The van der Waals surface area contributed by atoms with E-state index in [4.69, 9.17) is 9.47 Å². The quantitative estimate of drug-likeness (QED) is 0.600. The molecule has 1 N–H and O–H groups in total. The van der Waals surface area contributed by atoms with Gasteiger partial charge in [-0.05, 0) is 13.0 Å². The van der Waals surface area contributed by atoms with Crippen LogP contribution >= 0.6 is 0 Å². The highest BCUT2D eigenvalue weighted by Crippen LogP contribution is 2.34. The topological polar surface area (TPSA) is 122 Å². The van der Waals surface area contributed by atoms with Gasteiger partial charge in [0.2, 0.25) is 0 Å². The first-order valence-electron chi connectivity index (χ1n) is 8.66. The van der Waals surface area contributed by atoms with Crippen LogP contribution in [0.15, 0.2) is 18.2 Å². The molecule has 0 bridgehead atoms. The number of para-hydroxylation sites is 1. The molecule has 0 saturated carbocycles. The predicted molar refractivity (Wildman–Crippen MR) is 94.0 cm³/mol. The molecule has 2 aliphatic heterocycles. The largest absolute Gasteiger partial charge is 0.479 e. The van der Waals surface area contributed by atoms with E-state index in [0.717, 1.165) is 0 Å². The number of benzene rings is 1. The number of amides is 1. The average Bonchev–Trinajstić information content (AvgIpc) is 2.66. The number of ether oxygens (including phenoxy) is 2. The van der Waals surface area contributed by atoms with Gasteiger partial charge in [0.25, 0.3) is 11.6 Å². The van der Waals surface area contributed by atoms with Gasteiger partial charge in [-0.2, -0.15) is 0 Å². The number of hydrogen-bond acceptors (Lipinski definition) is 7. The van der Waals surface area contributed by atoms with Crippen molar-refractivity contribution in [2.24, 2.45) is 0 Å². The fraction of sp³-hybridized carbons (Fsp3) is 0.529. The van der Waals surface area contributed by atoms with Crippen molar-refractivity contribution in [2.75, 3.05) is 44.3 Å². The maximum absolute atomic E-state index is 13.1. The lowest BCUT2D eigenvalue weighted by Crippen LogP contribution is -2.52. The highest BCUT2D eigenvalue weighted by atomic mass is 16.6. The summed E-state index contributed by atoms with van der Waals surface area (Å²) < 4.78 is 10.6. The Labute approximate surface area is 155 Å². The zero-order valence-corrected chi connectivity index (χ0v) is 14.9. The number of aliphatic carboxylic acids is 1. The summed E-state index contributed by atoms with van der Waals surface area (Å²) in [5, 5.41) is 20.8. The van der Waals surface area contributed by atoms with E-state index in [1.165, 1.54) is 23.1 Å². The first kappa shape index (κ1) is 19.1. The summed E-state index contributed by atoms with van der Waals surface area (Å²) in [5.41, 5.74) is 0.282. The molecule has 1 unspecified atom stereocenters. The summed E-state index contributed by atoms with van der Waals surface area (Å²) >= 11 is 0. The van der Waals surface area contributed by atoms with Gasteiger partial charge >= 0.3 is 5.97 Å². The van der Waals surface area contributed by atoms with Crippen molar-refractivity contribution in [1.82, 2.24) is 4.90 Å². The number of carbonyl (C=O) groups excluding carboxylic acids is 1. The Bertz CT molecular complexity index is 748. The molecule has 10 heteroatoms. The molecule has 0 aliphatic carbocycles. The van der Waals surface area contributed by atoms with Gasteiger partial charge in [-0.1, -0.05) is 6.07 Å². The zero-order chi connectivity index (χ0) is 19.6. The number of anilines is 1. The van der Waals surface area contributed by atoms with Gasteiger partial charge in [-0.25, -0.2) is 4.79 Å². The fourth-order valence-electron chi connectivity index (χ4n) is 3.39. The summed E-state index contributed by atoms with van der Waals surface area (Å²) in [5.74, 6) is -1.59. The normalized spacial score (nSPS) is 23.1. The molecule has 1 amide bonds. The average molecular weight is 379 g/mol. The smallest absolute Gasteiger partial charge is 0.334 e. The molecular formula is C17H21N3O7. The highest BCUT2D eigenvalue weighted by Gasteiger charge is 2.36. The van der Waals surface area contributed by atoms with Crippen molar-refractivity contribution in [3.05, 3.63) is 33.9 Å². The van der Waals surface area contributed by atoms with Crippen LogP contribution in [0.4, 0.5) is 11.4 Å². The second-order valence-electron chi connectivity index (χ2n) is 6.51. The Morgan fingerprint density at radius 3 is 2.59 bits per heavy atom.